The average Bonchev–Trinajstić information content (AvgIpc) is 3.09. The van der Waals surface area contributed by atoms with Gasteiger partial charge in [-0.05, 0) is 49.2 Å². The maximum atomic E-state index is 13.7. The first-order valence-electron chi connectivity index (χ1n) is 7.93. The first-order chi connectivity index (χ1) is 12.0. The summed E-state index contributed by atoms with van der Waals surface area (Å²) in [5.41, 5.74) is 0.701. The van der Waals surface area contributed by atoms with Crippen molar-refractivity contribution in [1.82, 2.24) is 4.90 Å². The fourth-order valence-electron chi connectivity index (χ4n) is 2.79. The Hall–Kier alpha value is -2.60. The lowest BCUT2D eigenvalue weighted by Gasteiger charge is -2.24. The number of urea groups is 1. The molecule has 7 heteroatoms. The molecule has 0 spiro atoms. The monoisotopic (exact) mass is 361 g/mol. The summed E-state index contributed by atoms with van der Waals surface area (Å²) >= 11 is 5.82. The van der Waals surface area contributed by atoms with E-state index in [1.165, 1.54) is 17.0 Å². The smallest absolute Gasteiger partial charge is 0.322 e. The molecule has 0 aliphatic carbocycles. The fourth-order valence-corrected chi connectivity index (χ4v) is 2.92. The lowest BCUT2D eigenvalue weighted by molar-refractivity contribution is -0.119. The highest BCUT2D eigenvalue weighted by molar-refractivity contribution is 6.30. The van der Waals surface area contributed by atoms with Gasteiger partial charge < -0.3 is 15.5 Å². The van der Waals surface area contributed by atoms with Crippen LogP contribution in [0.25, 0.3) is 0 Å². The molecule has 1 fully saturated rings. The number of rotatable bonds is 3. The SMILES string of the molecule is O=C(Nc1ccccc1F)[C@@H]1CCCN1C(=O)Nc1ccc(Cl)cc1. The van der Waals surface area contributed by atoms with E-state index in [1.54, 1.807) is 36.4 Å². The van der Waals surface area contributed by atoms with Crippen molar-refractivity contribution in [2.75, 3.05) is 17.2 Å². The minimum atomic E-state index is -0.632. The predicted molar refractivity (Wildman–Crippen MR) is 95.2 cm³/mol. The summed E-state index contributed by atoms with van der Waals surface area (Å²) in [7, 11) is 0. The molecule has 1 heterocycles. The number of hydrogen-bond acceptors (Lipinski definition) is 2. The molecule has 0 aromatic heterocycles. The number of halogens is 2. The Morgan fingerprint density at radius 1 is 1.08 bits per heavy atom. The molecule has 3 amide bonds. The number of anilines is 2. The molecule has 0 bridgehead atoms. The number of para-hydroxylation sites is 1. The highest BCUT2D eigenvalue weighted by Crippen LogP contribution is 2.22. The highest BCUT2D eigenvalue weighted by atomic mass is 35.5. The lowest BCUT2D eigenvalue weighted by atomic mass is 10.2. The van der Waals surface area contributed by atoms with Crippen LogP contribution >= 0.6 is 11.6 Å². The van der Waals surface area contributed by atoms with Crippen LogP contribution in [0.5, 0.6) is 0 Å². The molecule has 0 unspecified atom stereocenters. The molecule has 2 N–H and O–H groups in total. The third-order valence-electron chi connectivity index (χ3n) is 4.04. The van der Waals surface area contributed by atoms with E-state index >= 15 is 0 Å². The molecule has 130 valence electrons. The summed E-state index contributed by atoms with van der Waals surface area (Å²) in [5.74, 6) is -0.903. The van der Waals surface area contributed by atoms with Gasteiger partial charge in [0, 0.05) is 17.3 Å². The first kappa shape index (κ1) is 17.2. The van der Waals surface area contributed by atoms with Crippen LogP contribution in [0.4, 0.5) is 20.6 Å². The Balaban J connectivity index is 1.67. The molecule has 2 aromatic rings. The number of amides is 3. The van der Waals surface area contributed by atoms with Gasteiger partial charge in [0.1, 0.15) is 11.9 Å². The van der Waals surface area contributed by atoms with Crippen LogP contribution in [0.15, 0.2) is 48.5 Å². The quantitative estimate of drug-likeness (QED) is 0.864. The van der Waals surface area contributed by atoms with Crippen molar-refractivity contribution in [2.24, 2.45) is 0 Å². The Morgan fingerprint density at radius 2 is 1.80 bits per heavy atom. The Kier molecular flexibility index (Phi) is 5.19. The van der Waals surface area contributed by atoms with Gasteiger partial charge >= 0.3 is 6.03 Å². The van der Waals surface area contributed by atoms with Crippen molar-refractivity contribution < 1.29 is 14.0 Å². The molecule has 1 saturated heterocycles. The summed E-state index contributed by atoms with van der Waals surface area (Å²) < 4.78 is 13.7. The Bertz CT molecular complexity index is 782. The Morgan fingerprint density at radius 3 is 2.52 bits per heavy atom. The summed E-state index contributed by atoms with van der Waals surface area (Å²) in [6, 6.07) is 11.7. The van der Waals surface area contributed by atoms with E-state index in [2.05, 4.69) is 10.6 Å². The second-order valence-corrected chi connectivity index (χ2v) is 6.19. The van der Waals surface area contributed by atoms with Crippen LogP contribution in [0.1, 0.15) is 12.8 Å². The zero-order valence-electron chi connectivity index (χ0n) is 13.3. The van der Waals surface area contributed by atoms with Gasteiger partial charge in [-0.15, -0.1) is 0 Å². The van der Waals surface area contributed by atoms with E-state index in [9.17, 15) is 14.0 Å². The summed E-state index contributed by atoms with van der Waals surface area (Å²) in [6.07, 6.45) is 1.25. The Labute approximate surface area is 149 Å². The molecule has 5 nitrogen and oxygen atoms in total. The summed E-state index contributed by atoms with van der Waals surface area (Å²) in [4.78, 5) is 26.4. The van der Waals surface area contributed by atoms with Crippen molar-refractivity contribution in [2.45, 2.75) is 18.9 Å². The minimum absolute atomic E-state index is 0.109. The second-order valence-electron chi connectivity index (χ2n) is 5.76. The van der Waals surface area contributed by atoms with Crippen LogP contribution in [0.3, 0.4) is 0 Å². The highest BCUT2D eigenvalue weighted by Gasteiger charge is 2.34. The zero-order valence-corrected chi connectivity index (χ0v) is 14.1. The second kappa shape index (κ2) is 7.53. The van der Waals surface area contributed by atoms with Crippen LogP contribution < -0.4 is 10.6 Å². The van der Waals surface area contributed by atoms with Crippen molar-refractivity contribution in [3.05, 3.63) is 59.4 Å². The van der Waals surface area contributed by atoms with Gasteiger partial charge in [-0.3, -0.25) is 4.79 Å². The van der Waals surface area contributed by atoms with E-state index in [1.807, 2.05) is 0 Å². The van der Waals surface area contributed by atoms with E-state index in [0.717, 1.165) is 0 Å². The number of benzene rings is 2. The predicted octanol–water partition coefficient (Wildman–Crippen LogP) is 4.11. The largest absolute Gasteiger partial charge is 0.322 e. The average molecular weight is 362 g/mol. The van der Waals surface area contributed by atoms with Crippen molar-refractivity contribution in [1.29, 1.82) is 0 Å². The minimum Gasteiger partial charge on any atom is -0.322 e. The molecule has 2 aromatic carbocycles. The zero-order chi connectivity index (χ0) is 17.8. The molecule has 3 rings (SSSR count). The normalized spacial score (nSPS) is 16.6. The van der Waals surface area contributed by atoms with Crippen LogP contribution in [-0.2, 0) is 4.79 Å². The van der Waals surface area contributed by atoms with Gasteiger partial charge in [0.15, 0.2) is 0 Å². The third-order valence-corrected chi connectivity index (χ3v) is 4.30. The van der Waals surface area contributed by atoms with Crippen molar-refractivity contribution in [3.63, 3.8) is 0 Å². The maximum absolute atomic E-state index is 13.7. The van der Waals surface area contributed by atoms with Gasteiger partial charge in [-0.2, -0.15) is 0 Å². The van der Waals surface area contributed by atoms with Crippen molar-refractivity contribution >= 4 is 34.9 Å². The van der Waals surface area contributed by atoms with Crippen molar-refractivity contribution in [3.8, 4) is 0 Å². The number of hydrogen-bond donors (Lipinski definition) is 2. The fraction of sp³-hybridized carbons (Fsp3) is 0.222. The molecule has 25 heavy (non-hydrogen) atoms. The molecular weight excluding hydrogens is 345 g/mol. The number of likely N-dealkylation sites (tertiary alicyclic amines) is 1. The lowest BCUT2D eigenvalue weighted by Crippen LogP contribution is -2.45. The standard InChI is InChI=1S/C18H17ClFN3O2/c19-12-7-9-13(10-8-12)21-18(25)23-11-3-6-16(23)17(24)22-15-5-2-1-4-14(15)20/h1-2,4-5,7-10,16H,3,6,11H2,(H,21,25)(H,22,24)/t16-/m0/s1. The third kappa shape index (κ3) is 4.09. The molecular formula is C18H17ClFN3O2. The maximum Gasteiger partial charge on any atom is 0.322 e. The van der Waals surface area contributed by atoms with E-state index in [0.29, 0.717) is 30.1 Å². The van der Waals surface area contributed by atoms with Crippen LogP contribution in [0, 0.1) is 5.82 Å². The van der Waals surface area contributed by atoms with Gasteiger partial charge in [-0.25, -0.2) is 9.18 Å². The molecule has 0 radical (unpaired) electrons. The number of carbonyl (C=O) groups excluding carboxylic acids is 2. The van der Waals surface area contributed by atoms with Crippen LogP contribution in [-0.4, -0.2) is 29.4 Å². The number of nitrogens with one attached hydrogen (secondary N) is 2. The van der Waals surface area contributed by atoms with Gasteiger partial charge in [0.05, 0.1) is 5.69 Å². The number of nitrogens with zero attached hydrogens (tertiary/aromatic N) is 1. The topological polar surface area (TPSA) is 61.4 Å². The molecule has 1 aliphatic rings. The molecule has 0 saturated carbocycles. The van der Waals surface area contributed by atoms with Gasteiger partial charge in [0.2, 0.25) is 5.91 Å². The summed E-state index contributed by atoms with van der Waals surface area (Å²) in [6.45, 7) is 0.467. The first-order valence-corrected chi connectivity index (χ1v) is 8.31. The van der Waals surface area contributed by atoms with E-state index < -0.39 is 17.8 Å². The van der Waals surface area contributed by atoms with Gasteiger partial charge in [-0.1, -0.05) is 23.7 Å². The summed E-state index contributed by atoms with van der Waals surface area (Å²) in [5, 5.41) is 5.87. The van der Waals surface area contributed by atoms with Gasteiger partial charge in [0.25, 0.3) is 0 Å². The molecule has 1 aliphatic heterocycles. The number of carbonyl (C=O) groups is 2. The van der Waals surface area contributed by atoms with E-state index in [4.69, 9.17) is 11.6 Å². The molecule has 1 atom stereocenters. The van der Waals surface area contributed by atoms with Crippen LogP contribution in [0.2, 0.25) is 5.02 Å². The van der Waals surface area contributed by atoms with E-state index in [-0.39, 0.29) is 11.7 Å².